The topological polar surface area (TPSA) is 102 Å². The number of carbonyl (C=O) groups is 2. The Labute approximate surface area is 206 Å². The molecule has 35 heavy (non-hydrogen) atoms. The van der Waals surface area contributed by atoms with Crippen LogP contribution in [0.2, 0.25) is 0 Å². The Morgan fingerprint density at radius 1 is 1.06 bits per heavy atom. The quantitative estimate of drug-likeness (QED) is 0.417. The van der Waals surface area contributed by atoms with Crippen molar-refractivity contribution in [2.24, 2.45) is 0 Å². The number of para-hydroxylation sites is 1. The summed E-state index contributed by atoms with van der Waals surface area (Å²) in [7, 11) is 0. The molecule has 0 saturated carbocycles. The first kappa shape index (κ1) is 23.1. The second-order valence-electron chi connectivity index (χ2n) is 8.72. The Balaban J connectivity index is 1.46. The van der Waals surface area contributed by atoms with E-state index in [-0.39, 0.29) is 29.7 Å². The van der Waals surface area contributed by atoms with Crippen LogP contribution in [-0.4, -0.2) is 61.3 Å². The predicted octanol–water partition coefficient (Wildman–Crippen LogP) is 2.48. The fourth-order valence-corrected chi connectivity index (χ4v) is 5.25. The molecule has 1 fully saturated rings. The first-order chi connectivity index (χ1) is 16.9. The van der Waals surface area contributed by atoms with E-state index in [0.29, 0.717) is 21.8 Å². The number of aromatic nitrogens is 4. The van der Waals surface area contributed by atoms with Crippen molar-refractivity contribution >= 4 is 40.3 Å². The lowest BCUT2D eigenvalue weighted by Crippen LogP contribution is -2.39. The van der Waals surface area contributed by atoms with E-state index in [4.69, 9.17) is 0 Å². The fraction of sp³-hybridized carbons (Fsp3) is 0.320. The number of amides is 2. The molecule has 4 aromatic rings. The molecule has 1 saturated heterocycles. The molecule has 0 unspecified atom stereocenters. The number of nitrogens with one attached hydrogen (secondary N) is 1. The zero-order valence-corrected chi connectivity index (χ0v) is 20.5. The van der Waals surface area contributed by atoms with Crippen LogP contribution in [0.5, 0.6) is 0 Å². The monoisotopic (exact) mass is 490 g/mol. The van der Waals surface area contributed by atoms with Gasteiger partial charge in [0.1, 0.15) is 0 Å². The van der Waals surface area contributed by atoms with Crippen LogP contribution in [-0.2, 0) is 9.59 Å². The van der Waals surface area contributed by atoms with Gasteiger partial charge in [-0.2, -0.15) is 0 Å². The molecule has 1 aliphatic rings. The maximum Gasteiger partial charge on any atom is 0.267 e. The number of fused-ring (bicyclic) bond motifs is 3. The Bertz CT molecular complexity index is 1500. The van der Waals surface area contributed by atoms with Gasteiger partial charge in [0.05, 0.1) is 28.9 Å². The molecule has 0 radical (unpaired) electrons. The third kappa shape index (κ3) is 4.41. The molecular weight excluding hydrogens is 464 g/mol. The number of likely N-dealkylation sites (tertiary alicyclic amines) is 1. The average Bonchev–Trinajstić information content (AvgIpc) is 3.53. The number of nitrogens with zero attached hydrogens (tertiary/aromatic N) is 5. The molecular formula is C25H26N6O3S. The molecule has 0 atom stereocenters. The largest absolute Gasteiger partial charge is 0.346 e. The summed E-state index contributed by atoms with van der Waals surface area (Å²) in [4.78, 5) is 39.9. The Morgan fingerprint density at radius 3 is 2.60 bits per heavy atom. The van der Waals surface area contributed by atoms with Crippen molar-refractivity contribution in [2.45, 2.75) is 31.8 Å². The molecule has 2 amide bonds. The highest BCUT2D eigenvalue weighted by Crippen LogP contribution is 2.24. The number of carbonyl (C=O) groups excluding carboxylic acids is 2. The van der Waals surface area contributed by atoms with Crippen molar-refractivity contribution in [2.75, 3.05) is 25.4 Å². The molecule has 9 nitrogen and oxygen atoms in total. The normalized spacial score (nSPS) is 13.6. The highest BCUT2D eigenvalue weighted by Gasteiger charge is 2.21. The van der Waals surface area contributed by atoms with Crippen LogP contribution in [0.4, 0.5) is 0 Å². The lowest BCUT2D eigenvalue weighted by atomic mass is 10.1. The van der Waals surface area contributed by atoms with Crippen LogP contribution < -0.4 is 10.9 Å². The van der Waals surface area contributed by atoms with Gasteiger partial charge in [-0.25, -0.2) is 4.57 Å². The maximum absolute atomic E-state index is 13.5. The minimum atomic E-state index is -0.258. The summed E-state index contributed by atoms with van der Waals surface area (Å²) in [6.45, 7) is 5.47. The van der Waals surface area contributed by atoms with Crippen molar-refractivity contribution in [3.63, 3.8) is 0 Å². The summed E-state index contributed by atoms with van der Waals surface area (Å²) in [6, 6.07) is 13.2. The molecule has 180 valence electrons. The lowest BCUT2D eigenvalue weighted by molar-refractivity contribution is -0.131. The van der Waals surface area contributed by atoms with Crippen LogP contribution in [0, 0.1) is 13.8 Å². The van der Waals surface area contributed by atoms with Gasteiger partial charge in [-0.3, -0.25) is 18.8 Å². The SMILES string of the molecule is Cc1ccc(-n2c(=O)c3ccccc3n3c(SCC(=O)NCC(=O)N4CCCC4)nnc23)c(C)c1. The number of thioether (sulfide) groups is 1. The molecule has 10 heteroatoms. The van der Waals surface area contributed by atoms with E-state index < -0.39 is 0 Å². The molecule has 2 aromatic heterocycles. The van der Waals surface area contributed by atoms with Gasteiger partial charge < -0.3 is 10.2 Å². The zero-order valence-electron chi connectivity index (χ0n) is 19.7. The van der Waals surface area contributed by atoms with E-state index in [2.05, 4.69) is 15.5 Å². The first-order valence-electron chi connectivity index (χ1n) is 11.6. The Morgan fingerprint density at radius 2 is 1.83 bits per heavy atom. The Kier molecular flexibility index (Phi) is 6.29. The first-order valence-corrected chi connectivity index (χ1v) is 12.6. The van der Waals surface area contributed by atoms with Crippen LogP contribution in [0.25, 0.3) is 22.4 Å². The van der Waals surface area contributed by atoms with Crippen molar-refractivity contribution in [3.05, 3.63) is 63.9 Å². The van der Waals surface area contributed by atoms with Gasteiger partial charge in [-0.1, -0.05) is 41.6 Å². The molecule has 5 rings (SSSR count). The molecule has 0 spiro atoms. The second-order valence-corrected chi connectivity index (χ2v) is 9.66. The highest BCUT2D eigenvalue weighted by atomic mass is 32.2. The lowest BCUT2D eigenvalue weighted by Gasteiger charge is -2.15. The average molecular weight is 491 g/mol. The smallest absolute Gasteiger partial charge is 0.267 e. The summed E-state index contributed by atoms with van der Waals surface area (Å²) >= 11 is 1.22. The van der Waals surface area contributed by atoms with E-state index in [9.17, 15) is 14.4 Å². The third-order valence-electron chi connectivity index (χ3n) is 6.22. The van der Waals surface area contributed by atoms with E-state index in [0.717, 1.165) is 42.7 Å². The van der Waals surface area contributed by atoms with Gasteiger partial charge in [-0.15, -0.1) is 10.2 Å². The fourth-order valence-electron chi connectivity index (χ4n) is 4.48. The van der Waals surface area contributed by atoms with E-state index in [1.165, 1.54) is 11.8 Å². The molecule has 1 aliphatic heterocycles. The number of hydrogen-bond acceptors (Lipinski definition) is 6. The summed E-state index contributed by atoms with van der Waals surface area (Å²) in [5, 5.41) is 12.4. The Hall–Kier alpha value is -3.66. The number of aryl methyl sites for hydroxylation is 2. The van der Waals surface area contributed by atoms with Crippen LogP contribution in [0.1, 0.15) is 24.0 Å². The van der Waals surface area contributed by atoms with Gasteiger partial charge in [0.25, 0.3) is 5.56 Å². The maximum atomic E-state index is 13.5. The van der Waals surface area contributed by atoms with Crippen molar-refractivity contribution in [3.8, 4) is 5.69 Å². The summed E-state index contributed by atoms with van der Waals surface area (Å²) in [6.07, 6.45) is 2.02. The van der Waals surface area contributed by atoms with Crippen LogP contribution in [0.15, 0.2) is 52.4 Å². The summed E-state index contributed by atoms with van der Waals surface area (Å²) in [5.74, 6) is 0.141. The summed E-state index contributed by atoms with van der Waals surface area (Å²) in [5.41, 5.74) is 3.28. The van der Waals surface area contributed by atoms with Crippen molar-refractivity contribution < 1.29 is 9.59 Å². The van der Waals surface area contributed by atoms with E-state index >= 15 is 0 Å². The summed E-state index contributed by atoms with van der Waals surface area (Å²) < 4.78 is 3.38. The van der Waals surface area contributed by atoms with Crippen molar-refractivity contribution in [1.82, 2.24) is 29.4 Å². The van der Waals surface area contributed by atoms with Gasteiger partial charge >= 0.3 is 0 Å². The standard InChI is InChI=1S/C25H26N6O3S/c1-16-9-10-19(17(2)13-16)30-23(34)18-7-3-4-8-20(18)31-24(30)27-28-25(31)35-15-21(32)26-14-22(33)29-11-5-6-12-29/h3-4,7-10,13H,5-6,11-12,14-15H2,1-2H3,(H,26,32). The number of hydrogen-bond donors (Lipinski definition) is 1. The molecule has 0 bridgehead atoms. The molecule has 3 heterocycles. The van der Waals surface area contributed by atoms with E-state index in [1.54, 1.807) is 15.5 Å². The highest BCUT2D eigenvalue weighted by molar-refractivity contribution is 7.99. The third-order valence-corrected chi connectivity index (χ3v) is 7.14. The minimum Gasteiger partial charge on any atom is -0.346 e. The van der Waals surface area contributed by atoms with Gasteiger partial charge in [0.15, 0.2) is 5.16 Å². The molecule has 0 aliphatic carbocycles. The zero-order chi connectivity index (χ0) is 24.5. The number of rotatable bonds is 6. The number of benzene rings is 2. The van der Waals surface area contributed by atoms with E-state index in [1.807, 2.05) is 54.6 Å². The van der Waals surface area contributed by atoms with Gasteiger partial charge in [-0.05, 0) is 50.5 Å². The van der Waals surface area contributed by atoms with Crippen LogP contribution >= 0.6 is 11.8 Å². The van der Waals surface area contributed by atoms with Gasteiger partial charge in [0.2, 0.25) is 17.6 Å². The van der Waals surface area contributed by atoms with Gasteiger partial charge in [0, 0.05) is 13.1 Å². The molecule has 1 N–H and O–H groups in total. The minimum absolute atomic E-state index is 0.00481. The second kappa shape index (κ2) is 9.53. The van der Waals surface area contributed by atoms with Crippen molar-refractivity contribution in [1.29, 1.82) is 0 Å². The predicted molar refractivity (Wildman–Crippen MR) is 135 cm³/mol. The van der Waals surface area contributed by atoms with Crippen LogP contribution in [0.3, 0.4) is 0 Å². The molecule has 2 aromatic carbocycles.